The first kappa shape index (κ1) is 19.7. The van der Waals surface area contributed by atoms with Crippen molar-refractivity contribution in [2.45, 2.75) is 39.7 Å². The number of esters is 1. The highest BCUT2D eigenvalue weighted by atomic mass is 32.2. The van der Waals surface area contributed by atoms with Crippen molar-refractivity contribution in [3.05, 3.63) is 29.9 Å². The molecule has 0 saturated heterocycles. The summed E-state index contributed by atoms with van der Waals surface area (Å²) in [5.41, 5.74) is 1.67. The standard InChI is InChI=1S/C19H27N5O2S/c1-19(2,3)18(25)26-8-6-7-14-12-24-15(13-9-21-23(4)11-13)10-20-16(24)17(22-14)27-5/h9,11-12,15H,6-8,10H2,1-5H3. The van der Waals surface area contributed by atoms with E-state index in [0.29, 0.717) is 13.2 Å². The highest BCUT2D eigenvalue weighted by Gasteiger charge is 2.33. The van der Waals surface area contributed by atoms with Crippen LogP contribution in [0.2, 0.25) is 0 Å². The number of carbonyl (C=O) groups excluding carboxylic acids is 1. The number of amidine groups is 1. The summed E-state index contributed by atoms with van der Waals surface area (Å²) in [6, 6.07) is 0.153. The molecule has 3 heterocycles. The van der Waals surface area contributed by atoms with E-state index in [9.17, 15) is 4.79 Å². The summed E-state index contributed by atoms with van der Waals surface area (Å²) in [6.45, 7) is 6.70. The molecular weight excluding hydrogens is 362 g/mol. The Bertz CT molecular complexity index is 803. The number of ether oxygens (including phenoxy) is 1. The molecule has 0 saturated carbocycles. The number of fused-ring (bicyclic) bond motifs is 1. The number of aryl methyl sites for hydroxylation is 1. The number of carbonyl (C=O) groups is 1. The lowest BCUT2D eigenvalue weighted by Crippen LogP contribution is -2.33. The number of hydrogen-bond acceptors (Lipinski definition) is 7. The summed E-state index contributed by atoms with van der Waals surface area (Å²) in [6.07, 6.45) is 9.53. The minimum atomic E-state index is -0.466. The highest BCUT2D eigenvalue weighted by Crippen LogP contribution is 2.32. The molecule has 0 radical (unpaired) electrons. The van der Waals surface area contributed by atoms with Crippen LogP contribution in [0.25, 0.3) is 0 Å². The second kappa shape index (κ2) is 7.88. The van der Waals surface area contributed by atoms with Gasteiger partial charge in [-0.25, -0.2) is 4.99 Å². The van der Waals surface area contributed by atoms with E-state index in [1.54, 1.807) is 11.8 Å². The molecule has 0 aromatic carbocycles. The monoisotopic (exact) mass is 389 g/mol. The molecule has 27 heavy (non-hydrogen) atoms. The van der Waals surface area contributed by atoms with Crippen LogP contribution in [0.3, 0.4) is 0 Å². The van der Waals surface area contributed by atoms with E-state index in [-0.39, 0.29) is 12.0 Å². The van der Waals surface area contributed by atoms with E-state index in [1.165, 1.54) is 0 Å². The van der Waals surface area contributed by atoms with Gasteiger partial charge in [-0.15, -0.1) is 11.8 Å². The van der Waals surface area contributed by atoms with Crippen molar-refractivity contribution < 1.29 is 9.53 Å². The lowest BCUT2D eigenvalue weighted by molar-refractivity contribution is -0.153. The molecule has 1 unspecified atom stereocenters. The number of thioether (sulfide) groups is 1. The molecule has 2 aliphatic heterocycles. The van der Waals surface area contributed by atoms with Gasteiger partial charge in [-0.05, 0) is 39.9 Å². The topological polar surface area (TPSA) is 72.1 Å². The van der Waals surface area contributed by atoms with E-state index in [1.807, 2.05) is 51.2 Å². The third-order valence-corrected chi connectivity index (χ3v) is 5.11. The number of rotatable bonds is 5. The van der Waals surface area contributed by atoms with E-state index in [2.05, 4.69) is 16.2 Å². The molecule has 0 fully saturated rings. The minimum absolute atomic E-state index is 0.153. The predicted octanol–water partition coefficient (Wildman–Crippen LogP) is 3.16. The largest absolute Gasteiger partial charge is 0.465 e. The van der Waals surface area contributed by atoms with Gasteiger partial charge in [0.25, 0.3) is 0 Å². The van der Waals surface area contributed by atoms with Gasteiger partial charge < -0.3 is 9.64 Å². The van der Waals surface area contributed by atoms with Crippen LogP contribution in [0.15, 0.2) is 34.3 Å². The summed E-state index contributed by atoms with van der Waals surface area (Å²) < 4.78 is 7.18. The van der Waals surface area contributed by atoms with Crippen molar-refractivity contribution in [3.63, 3.8) is 0 Å². The normalized spacial score (nSPS) is 19.4. The van der Waals surface area contributed by atoms with Gasteiger partial charge in [-0.2, -0.15) is 5.10 Å². The zero-order chi connectivity index (χ0) is 19.6. The van der Waals surface area contributed by atoms with Crippen LogP contribution in [0, 0.1) is 5.41 Å². The quantitative estimate of drug-likeness (QED) is 0.571. The molecule has 7 nitrogen and oxygen atoms in total. The number of aromatic nitrogens is 2. The first-order chi connectivity index (χ1) is 12.8. The molecule has 0 bridgehead atoms. The smallest absolute Gasteiger partial charge is 0.311 e. The molecule has 3 rings (SSSR count). The third-order valence-electron chi connectivity index (χ3n) is 4.44. The van der Waals surface area contributed by atoms with Crippen molar-refractivity contribution in [2.24, 2.45) is 22.4 Å². The molecule has 1 aromatic heterocycles. The first-order valence-corrected chi connectivity index (χ1v) is 10.3. The maximum absolute atomic E-state index is 11.9. The van der Waals surface area contributed by atoms with Gasteiger partial charge in [-0.3, -0.25) is 14.5 Å². The van der Waals surface area contributed by atoms with Crippen molar-refractivity contribution in [2.75, 3.05) is 19.4 Å². The van der Waals surface area contributed by atoms with Gasteiger partial charge in [0, 0.05) is 25.0 Å². The molecule has 0 amide bonds. The third kappa shape index (κ3) is 4.43. The van der Waals surface area contributed by atoms with Gasteiger partial charge in [0.2, 0.25) is 0 Å². The molecular formula is C19H27N5O2S. The number of hydrogen-bond donors (Lipinski definition) is 0. The molecule has 1 aromatic rings. The summed E-state index contributed by atoms with van der Waals surface area (Å²) in [5.74, 6) is 0.762. The van der Waals surface area contributed by atoms with Crippen LogP contribution < -0.4 is 0 Å². The maximum atomic E-state index is 11.9. The minimum Gasteiger partial charge on any atom is -0.465 e. The van der Waals surface area contributed by atoms with Crippen LogP contribution in [-0.4, -0.2) is 50.9 Å². The van der Waals surface area contributed by atoms with Crippen LogP contribution in [0.4, 0.5) is 0 Å². The second-order valence-corrected chi connectivity index (χ2v) is 8.56. The Morgan fingerprint density at radius 1 is 1.41 bits per heavy atom. The Kier molecular flexibility index (Phi) is 5.74. The van der Waals surface area contributed by atoms with Crippen molar-refractivity contribution in [3.8, 4) is 0 Å². The molecule has 0 aliphatic carbocycles. The van der Waals surface area contributed by atoms with Gasteiger partial charge in [0.15, 0.2) is 5.84 Å². The van der Waals surface area contributed by atoms with Crippen molar-refractivity contribution in [1.29, 1.82) is 0 Å². The SMILES string of the molecule is CSC1=NC(CCCOC(=O)C(C)(C)C)=CN2C1=NCC2c1cnn(C)c1. The summed E-state index contributed by atoms with van der Waals surface area (Å²) in [4.78, 5) is 23.5. The van der Waals surface area contributed by atoms with E-state index >= 15 is 0 Å². The predicted molar refractivity (Wildman–Crippen MR) is 109 cm³/mol. The zero-order valence-electron chi connectivity index (χ0n) is 16.6. The van der Waals surface area contributed by atoms with Crippen LogP contribution in [0.5, 0.6) is 0 Å². The van der Waals surface area contributed by atoms with Crippen LogP contribution in [-0.2, 0) is 16.6 Å². The number of allylic oxidation sites excluding steroid dienone is 1. The molecule has 8 heteroatoms. The number of aliphatic imine (C=N–C) groups is 2. The Hall–Kier alpha value is -2.09. The Morgan fingerprint density at radius 3 is 2.81 bits per heavy atom. The maximum Gasteiger partial charge on any atom is 0.311 e. The van der Waals surface area contributed by atoms with Gasteiger partial charge in [0.1, 0.15) is 5.04 Å². The van der Waals surface area contributed by atoms with Crippen molar-refractivity contribution in [1.82, 2.24) is 14.7 Å². The van der Waals surface area contributed by atoms with Gasteiger partial charge in [0.05, 0.1) is 36.5 Å². The average Bonchev–Trinajstić information content (AvgIpc) is 3.22. The Morgan fingerprint density at radius 2 is 2.19 bits per heavy atom. The van der Waals surface area contributed by atoms with Crippen LogP contribution >= 0.6 is 11.8 Å². The lowest BCUT2D eigenvalue weighted by Gasteiger charge is -2.27. The highest BCUT2D eigenvalue weighted by molar-refractivity contribution is 8.15. The fourth-order valence-electron chi connectivity index (χ4n) is 2.96. The van der Waals surface area contributed by atoms with Gasteiger partial charge >= 0.3 is 5.97 Å². The Balaban J connectivity index is 1.65. The fraction of sp³-hybridized carbons (Fsp3) is 0.579. The summed E-state index contributed by atoms with van der Waals surface area (Å²) in [7, 11) is 1.92. The number of nitrogens with zero attached hydrogens (tertiary/aromatic N) is 5. The summed E-state index contributed by atoms with van der Waals surface area (Å²) >= 11 is 1.61. The van der Waals surface area contributed by atoms with E-state index in [0.717, 1.165) is 35.0 Å². The van der Waals surface area contributed by atoms with Crippen molar-refractivity contribution >= 4 is 28.6 Å². The average molecular weight is 390 g/mol. The molecule has 146 valence electrons. The van der Waals surface area contributed by atoms with E-state index < -0.39 is 5.41 Å². The zero-order valence-corrected chi connectivity index (χ0v) is 17.4. The summed E-state index contributed by atoms with van der Waals surface area (Å²) in [5, 5.41) is 5.22. The second-order valence-electron chi connectivity index (χ2n) is 7.77. The molecule has 1 atom stereocenters. The molecule has 2 aliphatic rings. The fourth-order valence-corrected chi connectivity index (χ4v) is 3.52. The Labute approximate surface area is 164 Å². The van der Waals surface area contributed by atoms with Crippen LogP contribution in [0.1, 0.15) is 45.2 Å². The first-order valence-electron chi connectivity index (χ1n) is 9.12. The molecule has 0 N–H and O–H groups in total. The van der Waals surface area contributed by atoms with E-state index in [4.69, 9.17) is 14.7 Å². The lowest BCUT2D eigenvalue weighted by atomic mass is 9.97. The van der Waals surface area contributed by atoms with Gasteiger partial charge in [-0.1, -0.05) is 0 Å². The molecule has 0 spiro atoms.